The van der Waals surface area contributed by atoms with Crippen LogP contribution in [0.1, 0.15) is 31.1 Å². The molecule has 1 aromatic carbocycles. The van der Waals surface area contributed by atoms with Gasteiger partial charge < -0.3 is 4.42 Å². The molecule has 1 atom stereocenters. The van der Waals surface area contributed by atoms with Gasteiger partial charge in [0.25, 0.3) is 0 Å². The molecule has 1 saturated carbocycles. The molecule has 10 heteroatoms. The molecule has 2 aromatic heterocycles. The Morgan fingerprint density at radius 3 is 2.72 bits per heavy atom. The lowest BCUT2D eigenvalue weighted by Crippen LogP contribution is -2.39. The molecule has 1 spiro atoms. The molecule has 0 amide bonds. The maximum Gasteiger partial charge on any atom is 0.247 e. The maximum absolute atomic E-state index is 13.4. The molecule has 1 saturated heterocycles. The molecule has 1 aliphatic carbocycles. The summed E-state index contributed by atoms with van der Waals surface area (Å²) in [5.74, 6) is 0.624. The highest BCUT2D eigenvalue weighted by molar-refractivity contribution is 7.89. The standard InChI is InChI=1S/C19H20FN5O3S/c1-24-12-15(11-21-24)29(26,27)25-7-5-19(6-8-25)10-16(19)18-23-22-17(28-18)13-3-2-4-14(20)9-13/h2-4,9,11-12,16H,5-8,10H2,1H3. The van der Waals surface area contributed by atoms with Crippen molar-refractivity contribution in [3.05, 3.63) is 48.4 Å². The van der Waals surface area contributed by atoms with Crippen LogP contribution in [0, 0.1) is 11.2 Å². The summed E-state index contributed by atoms with van der Waals surface area (Å²) in [6.45, 7) is 0.914. The lowest BCUT2D eigenvalue weighted by atomic mass is 9.92. The first-order valence-corrected chi connectivity index (χ1v) is 10.9. The van der Waals surface area contributed by atoms with Crippen LogP contribution in [-0.2, 0) is 17.1 Å². The van der Waals surface area contributed by atoms with Crippen molar-refractivity contribution in [2.24, 2.45) is 12.5 Å². The number of hydrogen-bond donors (Lipinski definition) is 0. The van der Waals surface area contributed by atoms with Crippen molar-refractivity contribution in [1.82, 2.24) is 24.3 Å². The van der Waals surface area contributed by atoms with Gasteiger partial charge in [-0.3, -0.25) is 4.68 Å². The number of piperidine rings is 1. The fourth-order valence-electron chi connectivity index (χ4n) is 4.22. The van der Waals surface area contributed by atoms with Crippen molar-refractivity contribution < 1.29 is 17.2 Å². The topological polar surface area (TPSA) is 94.1 Å². The second-order valence-corrected chi connectivity index (χ2v) is 9.77. The van der Waals surface area contributed by atoms with Crippen LogP contribution in [0.25, 0.3) is 11.5 Å². The largest absolute Gasteiger partial charge is 0.420 e. The lowest BCUT2D eigenvalue weighted by Gasteiger charge is -2.31. The number of benzene rings is 1. The van der Waals surface area contributed by atoms with Crippen molar-refractivity contribution >= 4 is 10.0 Å². The number of rotatable bonds is 4. The van der Waals surface area contributed by atoms with Gasteiger partial charge in [0.1, 0.15) is 10.7 Å². The Balaban J connectivity index is 1.28. The molecule has 3 heterocycles. The first-order chi connectivity index (χ1) is 13.9. The Hall–Kier alpha value is -2.59. The molecule has 0 bridgehead atoms. The van der Waals surface area contributed by atoms with E-state index in [1.165, 1.54) is 33.5 Å². The third-order valence-corrected chi connectivity index (χ3v) is 7.89. The fourth-order valence-corrected chi connectivity index (χ4v) is 5.64. The minimum Gasteiger partial charge on any atom is -0.420 e. The molecule has 5 rings (SSSR count). The van der Waals surface area contributed by atoms with E-state index in [2.05, 4.69) is 15.3 Å². The van der Waals surface area contributed by atoms with E-state index in [0.717, 1.165) is 19.3 Å². The van der Waals surface area contributed by atoms with E-state index < -0.39 is 10.0 Å². The van der Waals surface area contributed by atoms with Crippen LogP contribution in [0.5, 0.6) is 0 Å². The molecule has 1 unspecified atom stereocenters. The molecule has 0 N–H and O–H groups in total. The van der Waals surface area contributed by atoms with Gasteiger partial charge in [-0.05, 0) is 42.9 Å². The van der Waals surface area contributed by atoms with Crippen LogP contribution in [0.3, 0.4) is 0 Å². The minimum atomic E-state index is -3.52. The molecule has 8 nitrogen and oxygen atoms in total. The molecule has 2 aliphatic rings. The summed E-state index contributed by atoms with van der Waals surface area (Å²) < 4.78 is 47.8. The van der Waals surface area contributed by atoms with Crippen LogP contribution in [0.4, 0.5) is 4.39 Å². The van der Waals surface area contributed by atoms with Gasteiger partial charge in [0.2, 0.25) is 21.8 Å². The lowest BCUT2D eigenvalue weighted by molar-refractivity contribution is 0.246. The number of hydrogen-bond acceptors (Lipinski definition) is 6. The zero-order valence-electron chi connectivity index (χ0n) is 15.8. The normalized spacial score (nSPS) is 21.5. The highest BCUT2D eigenvalue weighted by atomic mass is 32.2. The summed E-state index contributed by atoms with van der Waals surface area (Å²) in [7, 11) is -1.82. The Morgan fingerprint density at radius 2 is 2.03 bits per heavy atom. The van der Waals surface area contributed by atoms with Gasteiger partial charge in [-0.2, -0.15) is 9.40 Å². The van der Waals surface area contributed by atoms with Crippen molar-refractivity contribution in [1.29, 1.82) is 0 Å². The predicted molar refractivity (Wildman–Crippen MR) is 101 cm³/mol. The van der Waals surface area contributed by atoms with Crippen LogP contribution < -0.4 is 0 Å². The van der Waals surface area contributed by atoms with Crippen LogP contribution in [-0.4, -0.2) is 45.8 Å². The average Bonchev–Trinajstić information content (AvgIpc) is 3.06. The summed E-state index contributed by atoms with van der Waals surface area (Å²) in [6, 6.07) is 6.06. The van der Waals surface area contributed by atoms with Gasteiger partial charge in [-0.25, -0.2) is 12.8 Å². The number of nitrogens with zero attached hydrogens (tertiary/aromatic N) is 5. The van der Waals surface area contributed by atoms with Gasteiger partial charge in [0, 0.05) is 37.8 Å². The van der Waals surface area contributed by atoms with E-state index >= 15 is 0 Å². The first-order valence-electron chi connectivity index (χ1n) is 9.46. The van der Waals surface area contributed by atoms with Gasteiger partial charge >= 0.3 is 0 Å². The molecule has 0 radical (unpaired) electrons. The molecule has 1 aliphatic heterocycles. The van der Waals surface area contributed by atoms with E-state index in [-0.39, 0.29) is 22.0 Å². The summed E-state index contributed by atoms with van der Waals surface area (Å²) in [6.07, 6.45) is 5.29. The van der Waals surface area contributed by atoms with E-state index in [1.54, 1.807) is 19.2 Å². The van der Waals surface area contributed by atoms with Gasteiger partial charge in [-0.1, -0.05) is 6.07 Å². The van der Waals surface area contributed by atoms with Crippen LogP contribution >= 0.6 is 0 Å². The summed E-state index contributed by atoms with van der Waals surface area (Å²) in [5.41, 5.74) is 0.558. The Kier molecular flexibility index (Phi) is 4.11. The number of halogens is 1. The van der Waals surface area contributed by atoms with Crippen molar-refractivity contribution in [3.8, 4) is 11.5 Å². The molecule has 3 aromatic rings. The van der Waals surface area contributed by atoms with Crippen LogP contribution in [0.2, 0.25) is 0 Å². The van der Waals surface area contributed by atoms with Crippen molar-refractivity contribution in [2.45, 2.75) is 30.1 Å². The molecular weight excluding hydrogens is 397 g/mol. The monoisotopic (exact) mass is 417 g/mol. The average molecular weight is 417 g/mol. The zero-order chi connectivity index (χ0) is 20.2. The zero-order valence-corrected chi connectivity index (χ0v) is 16.6. The Morgan fingerprint density at radius 1 is 1.24 bits per heavy atom. The van der Waals surface area contributed by atoms with E-state index in [0.29, 0.717) is 30.4 Å². The summed E-state index contributed by atoms with van der Waals surface area (Å²) in [5, 5.41) is 12.2. The van der Waals surface area contributed by atoms with Crippen molar-refractivity contribution in [3.63, 3.8) is 0 Å². The molecule has 29 heavy (non-hydrogen) atoms. The van der Waals surface area contributed by atoms with E-state index in [9.17, 15) is 12.8 Å². The minimum absolute atomic E-state index is 0.00665. The van der Waals surface area contributed by atoms with Gasteiger partial charge in [-0.15, -0.1) is 10.2 Å². The van der Waals surface area contributed by atoms with Crippen LogP contribution in [0.15, 0.2) is 46.0 Å². The number of sulfonamides is 1. The number of aryl methyl sites for hydroxylation is 1. The second kappa shape index (κ2) is 6.46. The number of aromatic nitrogens is 4. The molecular formula is C19H20FN5O3S. The quantitative estimate of drug-likeness (QED) is 0.648. The third kappa shape index (κ3) is 3.16. The van der Waals surface area contributed by atoms with Crippen molar-refractivity contribution in [2.75, 3.05) is 13.1 Å². The first kappa shape index (κ1) is 18.4. The fraction of sp³-hybridized carbons (Fsp3) is 0.421. The Bertz CT molecular complexity index is 1160. The highest BCUT2D eigenvalue weighted by Gasteiger charge is 2.59. The summed E-state index contributed by atoms with van der Waals surface area (Å²) >= 11 is 0. The second-order valence-electron chi connectivity index (χ2n) is 7.83. The molecule has 152 valence electrons. The van der Waals surface area contributed by atoms with E-state index in [4.69, 9.17) is 4.42 Å². The molecule has 2 fully saturated rings. The SMILES string of the molecule is Cn1cc(S(=O)(=O)N2CCC3(CC2)CC3c2nnc(-c3cccc(F)c3)o2)cn1. The van der Waals surface area contributed by atoms with Gasteiger partial charge in [0.15, 0.2) is 0 Å². The maximum atomic E-state index is 13.4. The third-order valence-electron chi connectivity index (χ3n) is 6.04. The smallest absolute Gasteiger partial charge is 0.247 e. The van der Waals surface area contributed by atoms with Gasteiger partial charge in [0.05, 0.1) is 6.20 Å². The van der Waals surface area contributed by atoms with E-state index in [1.807, 2.05) is 0 Å². The predicted octanol–water partition coefficient (Wildman–Crippen LogP) is 2.57. The Labute approximate surface area is 167 Å². The highest BCUT2D eigenvalue weighted by Crippen LogP contribution is 2.64. The summed E-state index contributed by atoms with van der Waals surface area (Å²) in [4.78, 5) is 0.222.